The van der Waals surface area contributed by atoms with E-state index >= 15 is 0 Å². The van der Waals surface area contributed by atoms with E-state index < -0.39 is 12.0 Å². The summed E-state index contributed by atoms with van der Waals surface area (Å²) in [4.78, 5) is 27.2. The van der Waals surface area contributed by atoms with Crippen LogP contribution in [0.5, 0.6) is 11.5 Å². The highest BCUT2D eigenvalue weighted by Gasteiger charge is 2.37. The molecule has 1 saturated carbocycles. The van der Waals surface area contributed by atoms with Gasteiger partial charge in [0, 0.05) is 18.3 Å². The molecule has 7 nitrogen and oxygen atoms in total. The average Bonchev–Trinajstić information content (AvgIpc) is 2.99. The summed E-state index contributed by atoms with van der Waals surface area (Å²) in [6.07, 6.45) is 6.18. The molecular weight excluding hydrogens is 372 g/mol. The minimum atomic E-state index is -0.679. The number of hydrogen-bond acceptors (Lipinski definition) is 5. The fourth-order valence-corrected chi connectivity index (χ4v) is 3.97. The van der Waals surface area contributed by atoms with Crippen LogP contribution in [0.4, 0.5) is 4.79 Å². The fraction of sp³-hybridized carbons (Fsp3) is 0.545. The maximum absolute atomic E-state index is 13.2. The van der Waals surface area contributed by atoms with E-state index in [1.165, 1.54) is 17.7 Å². The van der Waals surface area contributed by atoms with Crippen LogP contribution < -0.4 is 14.8 Å². The zero-order chi connectivity index (χ0) is 21.0. The zero-order valence-corrected chi connectivity index (χ0v) is 17.6. The van der Waals surface area contributed by atoms with Gasteiger partial charge in [-0.15, -0.1) is 0 Å². The maximum Gasteiger partial charge on any atom is 0.338 e. The molecule has 2 aliphatic rings. The van der Waals surface area contributed by atoms with Crippen LogP contribution in [0.1, 0.15) is 57.1 Å². The Morgan fingerprint density at radius 2 is 1.79 bits per heavy atom. The van der Waals surface area contributed by atoms with Gasteiger partial charge in [0.1, 0.15) is 17.6 Å². The lowest BCUT2D eigenvalue weighted by molar-refractivity contribution is -0.145. The summed E-state index contributed by atoms with van der Waals surface area (Å²) in [6, 6.07) is 4.35. The lowest BCUT2D eigenvalue weighted by Crippen LogP contribution is -2.46. The van der Waals surface area contributed by atoms with Crippen molar-refractivity contribution >= 4 is 12.0 Å². The van der Waals surface area contributed by atoms with Gasteiger partial charge in [0.05, 0.1) is 25.8 Å². The molecule has 0 radical (unpaired) electrons. The molecule has 3 rings (SSSR count). The van der Waals surface area contributed by atoms with E-state index in [1.807, 2.05) is 0 Å². The monoisotopic (exact) mass is 402 g/mol. The number of esters is 1. The summed E-state index contributed by atoms with van der Waals surface area (Å²) < 4.78 is 16.7. The van der Waals surface area contributed by atoms with Gasteiger partial charge in [-0.25, -0.2) is 9.59 Å². The average molecular weight is 402 g/mol. The van der Waals surface area contributed by atoms with Crippen molar-refractivity contribution in [2.75, 3.05) is 21.3 Å². The molecule has 29 heavy (non-hydrogen) atoms. The molecule has 1 N–H and O–H groups in total. The number of nitrogens with one attached hydrogen (secondary N) is 1. The van der Waals surface area contributed by atoms with E-state index in [0.29, 0.717) is 28.3 Å². The molecule has 0 bridgehead atoms. The number of rotatable bonds is 5. The third kappa shape index (κ3) is 4.49. The Kier molecular flexibility index (Phi) is 6.67. The van der Waals surface area contributed by atoms with Crippen LogP contribution in [0.15, 0.2) is 29.5 Å². The van der Waals surface area contributed by atoms with Crippen LogP contribution in [0.2, 0.25) is 0 Å². The third-order valence-electron chi connectivity index (χ3n) is 5.80. The van der Waals surface area contributed by atoms with E-state index in [4.69, 9.17) is 14.2 Å². The molecule has 1 atom stereocenters. The number of methoxy groups -OCH3 is 2. The Bertz CT molecular complexity index is 796. The molecule has 1 aliphatic heterocycles. The molecule has 2 amide bonds. The topological polar surface area (TPSA) is 77.1 Å². The van der Waals surface area contributed by atoms with Crippen LogP contribution >= 0.6 is 0 Å². The first-order valence-electron chi connectivity index (χ1n) is 10.1. The Hall–Kier alpha value is -2.70. The Morgan fingerprint density at radius 3 is 2.41 bits per heavy atom. The van der Waals surface area contributed by atoms with Crippen LogP contribution in [-0.2, 0) is 9.53 Å². The highest BCUT2D eigenvalue weighted by Crippen LogP contribution is 2.38. The standard InChI is InChI=1S/C22H30N2O5/c1-14-19(21(25)29-15-9-7-5-6-8-10-15)20(23-22(26)24(14)2)17-13-16(27-3)11-12-18(17)28-4/h11-13,15,20H,5-10H2,1-4H3,(H,23,26). The van der Waals surface area contributed by atoms with Crippen LogP contribution in [0, 0.1) is 0 Å². The summed E-state index contributed by atoms with van der Waals surface area (Å²) in [5.74, 6) is 0.785. The maximum atomic E-state index is 13.2. The van der Waals surface area contributed by atoms with Gasteiger partial charge >= 0.3 is 12.0 Å². The molecule has 1 fully saturated rings. The summed E-state index contributed by atoms with van der Waals surface area (Å²) in [5, 5.41) is 2.91. The van der Waals surface area contributed by atoms with Crippen LogP contribution in [-0.4, -0.2) is 44.3 Å². The first kappa shape index (κ1) is 21.0. The number of nitrogens with zero attached hydrogens (tertiary/aromatic N) is 1. The summed E-state index contributed by atoms with van der Waals surface area (Å²) in [6.45, 7) is 1.77. The predicted octanol–water partition coefficient (Wildman–Crippen LogP) is 3.94. The van der Waals surface area contributed by atoms with Crippen molar-refractivity contribution in [3.63, 3.8) is 0 Å². The number of carbonyl (C=O) groups is 2. The fourth-order valence-electron chi connectivity index (χ4n) is 3.97. The van der Waals surface area contributed by atoms with Gasteiger partial charge in [-0.2, -0.15) is 0 Å². The first-order chi connectivity index (χ1) is 14.0. The molecule has 0 spiro atoms. The minimum Gasteiger partial charge on any atom is -0.497 e. The normalized spacial score (nSPS) is 20.8. The predicted molar refractivity (Wildman–Crippen MR) is 109 cm³/mol. The lowest BCUT2D eigenvalue weighted by Gasteiger charge is -2.34. The third-order valence-corrected chi connectivity index (χ3v) is 5.80. The molecular formula is C22H30N2O5. The molecule has 0 aromatic heterocycles. The van der Waals surface area contributed by atoms with Gasteiger partial charge in [-0.3, -0.25) is 0 Å². The molecule has 0 saturated heterocycles. The Morgan fingerprint density at radius 1 is 1.10 bits per heavy atom. The number of amides is 2. The van der Waals surface area contributed by atoms with Crippen molar-refractivity contribution in [1.82, 2.24) is 10.2 Å². The zero-order valence-electron chi connectivity index (χ0n) is 17.6. The second-order valence-corrected chi connectivity index (χ2v) is 7.57. The van der Waals surface area contributed by atoms with Crippen LogP contribution in [0.3, 0.4) is 0 Å². The van der Waals surface area contributed by atoms with Gasteiger partial charge < -0.3 is 24.4 Å². The molecule has 1 aromatic rings. The summed E-state index contributed by atoms with van der Waals surface area (Å²) >= 11 is 0. The second kappa shape index (κ2) is 9.20. The first-order valence-corrected chi connectivity index (χ1v) is 10.1. The van der Waals surface area contributed by atoms with Gasteiger partial charge in [0.2, 0.25) is 0 Å². The van der Waals surface area contributed by atoms with E-state index in [2.05, 4.69) is 5.32 Å². The van der Waals surface area contributed by atoms with Gasteiger partial charge in [-0.05, 0) is 50.8 Å². The Balaban J connectivity index is 1.98. The van der Waals surface area contributed by atoms with Crippen LogP contribution in [0.25, 0.3) is 0 Å². The van der Waals surface area contributed by atoms with Crippen molar-refractivity contribution < 1.29 is 23.8 Å². The van der Waals surface area contributed by atoms with Crippen molar-refractivity contribution in [3.05, 3.63) is 35.0 Å². The smallest absolute Gasteiger partial charge is 0.338 e. The van der Waals surface area contributed by atoms with Gasteiger partial charge in [0.25, 0.3) is 0 Å². The van der Waals surface area contributed by atoms with Gasteiger partial charge in [-0.1, -0.05) is 12.8 Å². The second-order valence-electron chi connectivity index (χ2n) is 7.57. The lowest BCUT2D eigenvalue weighted by atomic mass is 9.94. The highest BCUT2D eigenvalue weighted by atomic mass is 16.5. The summed E-state index contributed by atoms with van der Waals surface area (Å²) in [7, 11) is 4.77. The van der Waals surface area contributed by atoms with Crippen molar-refractivity contribution in [3.8, 4) is 11.5 Å². The molecule has 158 valence electrons. The quantitative estimate of drug-likeness (QED) is 0.596. The number of urea groups is 1. The summed E-state index contributed by atoms with van der Waals surface area (Å²) in [5.41, 5.74) is 1.64. The van der Waals surface area contributed by atoms with E-state index in [1.54, 1.807) is 46.4 Å². The number of allylic oxidation sites excluding steroid dienone is 1. The molecule has 1 aliphatic carbocycles. The molecule has 1 heterocycles. The molecule has 1 aromatic carbocycles. The number of carbonyl (C=O) groups excluding carboxylic acids is 2. The van der Waals surface area contributed by atoms with Crippen molar-refractivity contribution in [2.24, 2.45) is 0 Å². The SMILES string of the molecule is COc1ccc(OC)c(C2NC(=O)N(C)C(C)=C2C(=O)OC2CCCCCC2)c1. The number of ether oxygens (including phenoxy) is 3. The van der Waals surface area contributed by atoms with Crippen molar-refractivity contribution in [2.45, 2.75) is 57.6 Å². The Labute approximate surface area is 172 Å². The van der Waals surface area contributed by atoms with E-state index in [9.17, 15) is 9.59 Å². The highest BCUT2D eigenvalue weighted by molar-refractivity contribution is 5.95. The minimum absolute atomic E-state index is 0.0823. The molecule has 1 unspecified atom stereocenters. The molecule has 7 heteroatoms. The van der Waals surface area contributed by atoms with Crippen molar-refractivity contribution in [1.29, 1.82) is 0 Å². The van der Waals surface area contributed by atoms with E-state index in [0.717, 1.165) is 25.7 Å². The number of hydrogen-bond donors (Lipinski definition) is 1. The number of benzene rings is 1. The van der Waals surface area contributed by atoms with E-state index in [-0.39, 0.29) is 12.1 Å². The van der Waals surface area contributed by atoms with Gasteiger partial charge in [0.15, 0.2) is 0 Å². The largest absolute Gasteiger partial charge is 0.497 e.